The van der Waals surface area contributed by atoms with E-state index in [1.165, 1.54) is 35.7 Å². The highest BCUT2D eigenvalue weighted by atomic mass is 32.2. The van der Waals surface area contributed by atoms with Gasteiger partial charge in [0, 0.05) is 11.9 Å². The summed E-state index contributed by atoms with van der Waals surface area (Å²) >= 11 is 3.71. The number of aromatic nitrogens is 1. The van der Waals surface area contributed by atoms with E-state index >= 15 is 0 Å². The van der Waals surface area contributed by atoms with Crippen LogP contribution in [-0.4, -0.2) is 23.5 Å². The Morgan fingerprint density at radius 1 is 1.38 bits per heavy atom. The number of rotatable bonds is 9. The lowest BCUT2D eigenvalue weighted by Gasteiger charge is -2.02. The molecule has 0 saturated carbocycles. The van der Waals surface area contributed by atoms with Crippen molar-refractivity contribution in [3.63, 3.8) is 0 Å². The molecule has 0 aromatic carbocycles. The van der Waals surface area contributed by atoms with Gasteiger partial charge in [0.05, 0.1) is 10.7 Å². The monoisotopic (exact) mass is 258 g/mol. The van der Waals surface area contributed by atoms with Crippen molar-refractivity contribution in [1.82, 2.24) is 10.3 Å². The largest absolute Gasteiger partial charge is 0.311 e. The zero-order chi connectivity index (χ0) is 11.6. The van der Waals surface area contributed by atoms with E-state index in [9.17, 15) is 0 Å². The van der Waals surface area contributed by atoms with Crippen molar-refractivity contribution in [3.8, 4) is 0 Å². The van der Waals surface area contributed by atoms with E-state index in [1.807, 2.05) is 11.8 Å². The molecule has 0 aliphatic carbocycles. The molecule has 0 fully saturated rings. The summed E-state index contributed by atoms with van der Waals surface area (Å²) in [5, 5.41) is 6.87. The van der Waals surface area contributed by atoms with Gasteiger partial charge < -0.3 is 5.32 Å². The molecule has 4 heteroatoms. The molecule has 1 heterocycles. The quantitative estimate of drug-likeness (QED) is 0.688. The van der Waals surface area contributed by atoms with E-state index in [2.05, 4.69) is 28.9 Å². The predicted molar refractivity (Wildman–Crippen MR) is 75.4 cm³/mol. The van der Waals surface area contributed by atoms with Gasteiger partial charge in [-0.3, -0.25) is 0 Å². The predicted octanol–water partition coefficient (Wildman–Crippen LogP) is 3.33. The van der Waals surface area contributed by atoms with E-state index in [1.54, 1.807) is 11.3 Å². The molecule has 0 radical (unpaired) electrons. The first-order chi connectivity index (χ1) is 7.86. The van der Waals surface area contributed by atoms with Crippen LogP contribution in [0.15, 0.2) is 5.38 Å². The number of nitrogens with one attached hydrogen (secondary N) is 1. The molecule has 0 aliphatic heterocycles. The normalized spacial score (nSPS) is 10.9. The smallest absolute Gasteiger partial charge is 0.0926 e. The van der Waals surface area contributed by atoms with E-state index < -0.39 is 0 Å². The molecule has 92 valence electrons. The molecule has 0 spiro atoms. The van der Waals surface area contributed by atoms with Crippen LogP contribution in [0.4, 0.5) is 0 Å². The summed E-state index contributed by atoms with van der Waals surface area (Å²) in [4.78, 5) is 4.53. The third-order valence-electron chi connectivity index (χ3n) is 2.41. The second kappa shape index (κ2) is 9.02. The minimum atomic E-state index is 0.930. The van der Waals surface area contributed by atoms with Crippen LogP contribution < -0.4 is 5.32 Å². The number of thiazole rings is 1. The van der Waals surface area contributed by atoms with Crippen LogP contribution in [0.25, 0.3) is 0 Å². The maximum Gasteiger partial charge on any atom is 0.0926 e. The summed E-state index contributed by atoms with van der Waals surface area (Å²) in [6.07, 6.45) is 7.20. The van der Waals surface area contributed by atoms with Crippen LogP contribution in [0.2, 0.25) is 0 Å². The fourth-order valence-electron chi connectivity index (χ4n) is 1.48. The lowest BCUT2D eigenvalue weighted by Crippen LogP contribution is -2.14. The Bertz CT molecular complexity index is 274. The highest BCUT2D eigenvalue weighted by Crippen LogP contribution is 2.09. The van der Waals surface area contributed by atoms with Crippen LogP contribution in [0, 0.1) is 0 Å². The number of hydrogen-bond donors (Lipinski definition) is 1. The molecule has 0 aliphatic rings. The first-order valence-electron chi connectivity index (χ1n) is 5.99. The first-order valence-corrected chi connectivity index (χ1v) is 8.27. The van der Waals surface area contributed by atoms with Gasteiger partial charge in [-0.05, 0) is 37.8 Å². The van der Waals surface area contributed by atoms with Gasteiger partial charge in [-0.25, -0.2) is 4.98 Å². The SMILES string of the molecule is CCc1nc(CNCCCCCSC)cs1. The fourth-order valence-corrected chi connectivity index (χ4v) is 2.72. The van der Waals surface area contributed by atoms with Crippen molar-refractivity contribution < 1.29 is 0 Å². The Kier molecular flexibility index (Phi) is 7.89. The van der Waals surface area contributed by atoms with Crippen LogP contribution in [0.5, 0.6) is 0 Å². The van der Waals surface area contributed by atoms with Crippen molar-refractivity contribution in [2.24, 2.45) is 0 Å². The highest BCUT2D eigenvalue weighted by molar-refractivity contribution is 7.98. The summed E-state index contributed by atoms with van der Waals surface area (Å²) < 4.78 is 0. The second-order valence-corrected chi connectivity index (χ2v) is 5.74. The molecule has 1 aromatic heterocycles. The number of hydrogen-bond acceptors (Lipinski definition) is 4. The van der Waals surface area contributed by atoms with Gasteiger partial charge in [0.15, 0.2) is 0 Å². The summed E-state index contributed by atoms with van der Waals surface area (Å²) in [5.74, 6) is 1.30. The van der Waals surface area contributed by atoms with E-state index in [4.69, 9.17) is 0 Å². The number of thioether (sulfide) groups is 1. The van der Waals surface area contributed by atoms with Crippen LogP contribution in [0.1, 0.15) is 36.9 Å². The van der Waals surface area contributed by atoms with Gasteiger partial charge in [-0.1, -0.05) is 13.3 Å². The lowest BCUT2D eigenvalue weighted by atomic mass is 10.2. The maximum atomic E-state index is 4.53. The Morgan fingerprint density at radius 3 is 2.94 bits per heavy atom. The van der Waals surface area contributed by atoms with Gasteiger partial charge in [-0.15, -0.1) is 11.3 Å². The van der Waals surface area contributed by atoms with Crippen molar-refractivity contribution >= 4 is 23.1 Å². The van der Waals surface area contributed by atoms with Gasteiger partial charge in [0.2, 0.25) is 0 Å². The average Bonchev–Trinajstić information content (AvgIpc) is 2.76. The molecule has 1 rings (SSSR count). The fraction of sp³-hybridized carbons (Fsp3) is 0.750. The van der Waals surface area contributed by atoms with E-state index in [-0.39, 0.29) is 0 Å². The van der Waals surface area contributed by atoms with Crippen molar-refractivity contribution in [2.75, 3.05) is 18.6 Å². The molecule has 1 aromatic rings. The molecule has 2 nitrogen and oxygen atoms in total. The maximum absolute atomic E-state index is 4.53. The van der Waals surface area contributed by atoms with Gasteiger partial charge >= 0.3 is 0 Å². The summed E-state index contributed by atoms with van der Waals surface area (Å²) in [5.41, 5.74) is 1.20. The summed E-state index contributed by atoms with van der Waals surface area (Å²) in [6.45, 7) is 4.20. The van der Waals surface area contributed by atoms with E-state index in [0.717, 1.165) is 19.5 Å². The molecule has 0 unspecified atom stereocenters. The molecular formula is C12H22N2S2. The molecule has 0 amide bonds. The van der Waals surface area contributed by atoms with Crippen molar-refractivity contribution in [3.05, 3.63) is 16.1 Å². The molecule has 0 saturated heterocycles. The zero-order valence-electron chi connectivity index (χ0n) is 10.3. The second-order valence-electron chi connectivity index (χ2n) is 3.82. The molecular weight excluding hydrogens is 236 g/mol. The number of aryl methyl sites for hydroxylation is 1. The summed E-state index contributed by atoms with van der Waals surface area (Å²) in [7, 11) is 0. The Labute approximate surface area is 107 Å². The average molecular weight is 258 g/mol. The standard InChI is InChI=1S/C12H22N2S2/c1-3-12-14-11(10-16-12)9-13-7-5-4-6-8-15-2/h10,13H,3-9H2,1-2H3. The molecule has 16 heavy (non-hydrogen) atoms. The minimum Gasteiger partial charge on any atom is -0.311 e. The molecule has 1 N–H and O–H groups in total. The Balaban J connectivity index is 1.98. The molecule has 0 bridgehead atoms. The topological polar surface area (TPSA) is 24.9 Å². The van der Waals surface area contributed by atoms with Gasteiger partial charge in [0.25, 0.3) is 0 Å². The number of nitrogens with zero attached hydrogens (tertiary/aromatic N) is 1. The third kappa shape index (κ3) is 5.87. The minimum absolute atomic E-state index is 0.930. The van der Waals surface area contributed by atoms with E-state index in [0.29, 0.717) is 0 Å². The summed E-state index contributed by atoms with van der Waals surface area (Å²) in [6, 6.07) is 0. The van der Waals surface area contributed by atoms with Crippen LogP contribution in [0.3, 0.4) is 0 Å². The van der Waals surface area contributed by atoms with Crippen LogP contribution >= 0.6 is 23.1 Å². The lowest BCUT2D eigenvalue weighted by molar-refractivity contribution is 0.613. The third-order valence-corrected chi connectivity index (χ3v) is 4.15. The van der Waals surface area contributed by atoms with Crippen molar-refractivity contribution in [1.29, 1.82) is 0 Å². The first kappa shape index (κ1) is 14.0. The van der Waals surface area contributed by atoms with Crippen molar-refractivity contribution in [2.45, 2.75) is 39.2 Å². The highest BCUT2D eigenvalue weighted by Gasteiger charge is 1.98. The Morgan fingerprint density at radius 2 is 2.25 bits per heavy atom. The van der Waals surface area contributed by atoms with Gasteiger partial charge in [-0.2, -0.15) is 11.8 Å². The zero-order valence-corrected chi connectivity index (χ0v) is 11.9. The van der Waals surface area contributed by atoms with Crippen LogP contribution in [-0.2, 0) is 13.0 Å². The van der Waals surface area contributed by atoms with Gasteiger partial charge in [0.1, 0.15) is 0 Å². The molecule has 0 atom stereocenters. The number of unbranched alkanes of at least 4 members (excludes halogenated alkanes) is 2. The Hall–Kier alpha value is -0.0600.